The van der Waals surface area contributed by atoms with Gasteiger partial charge in [-0.25, -0.2) is 0 Å². The van der Waals surface area contributed by atoms with Gasteiger partial charge in [0, 0.05) is 11.8 Å². The highest BCUT2D eigenvalue weighted by atomic mass is 16.5. The van der Waals surface area contributed by atoms with E-state index in [1.165, 1.54) is 5.56 Å². The molecule has 1 atom stereocenters. The summed E-state index contributed by atoms with van der Waals surface area (Å²) in [5.41, 5.74) is 3.09. The zero-order chi connectivity index (χ0) is 20.1. The molecule has 2 heterocycles. The molecule has 6 nitrogen and oxygen atoms in total. The fourth-order valence-corrected chi connectivity index (χ4v) is 3.88. The highest BCUT2D eigenvalue weighted by Crippen LogP contribution is 2.40. The number of piperidine rings is 1. The van der Waals surface area contributed by atoms with Gasteiger partial charge in [-0.1, -0.05) is 25.1 Å². The van der Waals surface area contributed by atoms with Crippen molar-refractivity contribution in [3.8, 4) is 11.5 Å². The Morgan fingerprint density at radius 1 is 1.21 bits per heavy atom. The molecule has 1 saturated heterocycles. The molecule has 1 N–H and O–H groups in total. The van der Waals surface area contributed by atoms with Crippen LogP contribution in [-0.4, -0.2) is 48.3 Å². The van der Waals surface area contributed by atoms with Crippen LogP contribution >= 0.6 is 0 Å². The topological polar surface area (TPSA) is 71.9 Å². The van der Waals surface area contributed by atoms with Gasteiger partial charge in [0.05, 0.1) is 31.9 Å². The quantitative estimate of drug-likeness (QED) is 0.787. The van der Waals surface area contributed by atoms with Crippen LogP contribution in [0.15, 0.2) is 36.5 Å². The number of aryl methyl sites for hydroxylation is 1. The number of ether oxygens (including phenoxy) is 2. The van der Waals surface area contributed by atoms with Crippen LogP contribution in [0.2, 0.25) is 0 Å². The Kier molecular flexibility index (Phi) is 6.52. The molecule has 1 aliphatic rings. The first kappa shape index (κ1) is 20.1. The van der Waals surface area contributed by atoms with Gasteiger partial charge in [-0.2, -0.15) is 0 Å². The Hall–Kier alpha value is -2.60. The van der Waals surface area contributed by atoms with Crippen molar-refractivity contribution < 1.29 is 19.4 Å². The molecule has 1 unspecified atom stereocenters. The maximum atomic E-state index is 11.4. The van der Waals surface area contributed by atoms with Crippen LogP contribution in [0.5, 0.6) is 11.5 Å². The lowest BCUT2D eigenvalue weighted by atomic mass is 9.92. The molecular formula is C22H28N2O4. The lowest BCUT2D eigenvalue weighted by molar-refractivity contribution is -0.143. The monoisotopic (exact) mass is 384 g/mol. The third kappa shape index (κ3) is 4.12. The smallest absolute Gasteiger partial charge is 0.306 e. The number of likely N-dealkylation sites (tertiary alicyclic amines) is 1. The molecule has 0 amide bonds. The summed E-state index contributed by atoms with van der Waals surface area (Å²) in [6.07, 6.45) is 4.11. The van der Waals surface area contributed by atoms with Gasteiger partial charge in [0.15, 0.2) is 11.5 Å². The Balaban J connectivity index is 2.01. The standard InChI is InChI=1S/C22H28N2O4/c1-4-15-8-9-18(23-14-15)20(24-12-10-16(11-13-24)22(25)26)17-6-5-7-19(27-2)21(17)28-3/h5-9,14,16,20H,4,10-13H2,1-3H3,(H,25,26). The van der Waals surface area contributed by atoms with E-state index in [2.05, 4.69) is 24.0 Å². The van der Waals surface area contributed by atoms with Crippen molar-refractivity contribution in [2.75, 3.05) is 27.3 Å². The predicted molar refractivity (Wildman–Crippen MR) is 107 cm³/mol. The largest absolute Gasteiger partial charge is 0.493 e. The number of aromatic nitrogens is 1. The summed E-state index contributed by atoms with van der Waals surface area (Å²) in [5, 5.41) is 9.34. The first-order chi connectivity index (χ1) is 13.6. The molecule has 0 bridgehead atoms. The summed E-state index contributed by atoms with van der Waals surface area (Å²) in [6.45, 7) is 3.49. The lowest BCUT2D eigenvalue weighted by Crippen LogP contribution is -2.39. The number of methoxy groups -OCH3 is 2. The van der Waals surface area contributed by atoms with E-state index in [1.54, 1.807) is 14.2 Å². The number of nitrogens with zero attached hydrogens (tertiary/aromatic N) is 2. The van der Waals surface area contributed by atoms with Gasteiger partial charge < -0.3 is 14.6 Å². The van der Waals surface area contributed by atoms with Crippen molar-refractivity contribution in [2.45, 2.75) is 32.2 Å². The number of carboxylic acid groups (broad SMARTS) is 1. The number of carbonyl (C=O) groups is 1. The average Bonchev–Trinajstić information content (AvgIpc) is 2.74. The number of hydrogen-bond donors (Lipinski definition) is 1. The van der Waals surface area contributed by atoms with Gasteiger partial charge in [0.1, 0.15) is 0 Å². The van der Waals surface area contributed by atoms with Crippen molar-refractivity contribution in [3.05, 3.63) is 53.3 Å². The van der Waals surface area contributed by atoms with E-state index < -0.39 is 5.97 Å². The molecule has 1 aromatic heterocycles. The van der Waals surface area contributed by atoms with Crippen LogP contribution in [0.4, 0.5) is 0 Å². The number of rotatable bonds is 7. The third-order valence-electron chi connectivity index (χ3n) is 5.51. The highest BCUT2D eigenvalue weighted by molar-refractivity contribution is 5.70. The SMILES string of the molecule is CCc1ccc(C(c2cccc(OC)c2OC)N2CCC(C(=O)O)CC2)nc1. The second kappa shape index (κ2) is 9.06. The molecule has 0 saturated carbocycles. The van der Waals surface area contributed by atoms with E-state index in [1.807, 2.05) is 24.4 Å². The summed E-state index contributed by atoms with van der Waals surface area (Å²) in [4.78, 5) is 18.4. The predicted octanol–water partition coefficient (Wildman–Crippen LogP) is 3.55. The van der Waals surface area contributed by atoms with Crippen molar-refractivity contribution in [2.24, 2.45) is 5.92 Å². The van der Waals surface area contributed by atoms with Crippen molar-refractivity contribution in [1.29, 1.82) is 0 Å². The molecule has 1 aliphatic heterocycles. The molecule has 0 radical (unpaired) electrons. The van der Waals surface area contributed by atoms with Gasteiger partial charge in [0.25, 0.3) is 0 Å². The Morgan fingerprint density at radius 2 is 1.96 bits per heavy atom. The molecule has 28 heavy (non-hydrogen) atoms. The van der Waals surface area contributed by atoms with E-state index in [0.29, 0.717) is 37.4 Å². The summed E-state index contributed by atoms with van der Waals surface area (Å²) in [7, 11) is 3.27. The Morgan fingerprint density at radius 3 is 2.50 bits per heavy atom. The Labute approximate surface area is 166 Å². The molecule has 3 rings (SSSR count). The lowest BCUT2D eigenvalue weighted by Gasteiger charge is -2.37. The average molecular weight is 384 g/mol. The van der Waals surface area contributed by atoms with Crippen LogP contribution in [0.1, 0.15) is 42.6 Å². The molecule has 150 valence electrons. The fourth-order valence-electron chi connectivity index (χ4n) is 3.88. The maximum absolute atomic E-state index is 11.4. The second-order valence-electron chi connectivity index (χ2n) is 7.08. The first-order valence-corrected chi connectivity index (χ1v) is 9.71. The van der Waals surface area contributed by atoms with Gasteiger partial charge in [-0.3, -0.25) is 14.7 Å². The van der Waals surface area contributed by atoms with Crippen LogP contribution < -0.4 is 9.47 Å². The molecule has 1 fully saturated rings. The minimum atomic E-state index is -0.708. The third-order valence-corrected chi connectivity index (χ3v) is 5.51. The van der Waals surface area contributed by atoms with E-state index in [9.17, 15) is 9.90 Å². The molecule has 2 aromatic rings. The molecular weight excluding hydrogens is 356 g/mol. The minimum absolute atomic E-state index is 0.120. The van der Waals surface area contributed by atoms with E-state index in [0.717, 1.165) is 17.7 Å². The first-order valence-electron chi connectivity index (χ1n) is 9.71. The molecule has 0 spiro atoms. The van der Waals surface area contributed by atoms with Crippen LogP contribution in [0.25, 0.3) is 0 Å². The van der Waals surface area contributed by atoms with Crippen LogP contribution in [0.3, 0.4) is 0 Å². The summed E-state index contributed by atoms with van der Waals surface area (Å²) in [6, 6.07) is 9.91. The minimum Gasteiger partial charge on any atom is -0.493 e. The second-order valence-corrected chi connectivity index (χ2v) is 7.08. The van der Waals surface area contributed by atoms with Gasteiger partial charge in [-0.15, -0.1) is 0 Å². The number of carboxylic acids is 1. The fraction of sp³-hybridized carbons (Fsp3) is 0.455. The zero-order valence-corrected chi connectivity index (χ0v) is 16.7. The normalized spacial score (nSPS) is 16.5. The summed E-state index contributed by atoms with van der Waals surface area (Å²) < 4.78 is 11.2. The summed E-state index contributed by atoms with van der Waals surface area (Å²) >= 11 is 0. The van der Waals surface area contributed by atoms with Gasteiger partial charge in [0.2, 0.25) is 0 Å². The van der Waals surface area contributed by atoms with E-state index in [4.69, 9.17) is 14.5 Å². The zero-order valence-electron chi connectivity index (χ0n) is 16.7. The van der Waals surface area contributed by atoms with Crippen molar-refractivity contribution in [1.82, 2.24) is 9.88 Å². The molecule has 0 aliphatic carbocycles. The summed E-state index contributed by atoms with van der Waals surface area (Å²) in [5.74, 6) is 0.382. The number of para-hydroxylation sites is 1. The highest BCUT2D eigenvalue weighted by Gasteiger charge is 2.32. The number of benzene rings is 1. The number of hydrogen-bond acceptors (Lipinski definition) is 5. The maximum Gasteiger partial charge on any atom is 0.306 e. The van der Waals surface area contributed by atoms with Crippen LogP contribution in [0, 0.1) is 5.92 Å². The van der Waals surface area contributed by atoms with Crippen molar-refractivity contribution in [3.63, 3.8) is 0 Å². The Bertz CT molecular complexity index is 799. The van der Waals surface area contributed by atoms with E-state index in [-0.39, 0.29) is 12.0 Å². The number of pyridine rings is 1. The van der Waals surface area contributed by atoms with Gasteiger partial charge in [-0.05, 0) is 50.0 Å². The molecule has 1 aromatic carbocycles. The van der Waals surface area contributed by atoms with Crippen molar-refractivity contribution >= 4 is 5.97 Å². The molecule has 6 heteroatoms. The van der Waals surface area contributed by atoms with Crippen LogP contribution in [-0.2, 0) is 11.2 Å². The number of aliphatic carboxylic acids is 1. The van der Waals surface area contributed by atoms with E-state index >= 15 is 0 Å². The van der Waals surface area contributed by atoms with Gasteiger partial charge >= 0.3 is 5.97 Å².